The summed E-state index contributed by atoms with van der Waals surface area (Å²) in [5, 5.41) is 0. The summed E-state index contributed by atoms with van der Waals surface area (Å²) >= 11 is 0. The van der Waals surface area contributed by atoms with Crippen LogP contribution in [-0.4, -0.2) is 24.1 Å². The van der Waals surface area contributed by atoms with Crippen LogP contribution in [0, 0.1) is 5.92 Å². The minimum atomic E-state index is -1.22. The van der Waals surface area contributed by atoms with Crippen molar-refractivity contribution in [3.05, 3.63) is 108 Å². The lowest BCUT2D eigenvalue weighted by atomic mass is 9.77. The van der Waals surface area contributed by atoms with Gasteiger partial charge < -0.3 is 4.74 Å². The molecule has 146 valence electrons. The van der Waals surface area contributed by atoms with E-state index in [9.17, 15) is 14.4 Å². The highest BCUT2D eigenvalue weighted by atomic mass is 16.5. The molecule has 4 nitrogen and oxygen atoms in total. The number of benzene rings is 3. The first-order valence-electron chi connectivity index (χ1n) is 9.53. The molecule has 0 saturated heterocycles. The average molecular weight is 386 g/mol. The molecule has 29 heavy (non-hydrogen) atoms. The Morgan fingerprint density at radius 2 is 1.10 bits per heavy atom. The molecule has 0 aliphatic rings. The second kappa shape index (κ2) is 9.60. The van der Waals surface area contributed by atoms with Crippen LogP contribution in [0.5, 0.6) is 0 Å². The summed E-state index contributed by atoms with van der Waals surface area (Å²) < 4.78 is 5.27. The van der Waals surface area contributed by atoms with Gasteiger partial charge >= 0.3 is 5.97 Å². The van der Waals surface area contributed by atoms with Crippen LogP contribution in [0.25, 0.3) is 0 Å². The van der Waals surface area contributed by atoms with Crippen molar-refractivity contribution in [1.29, 1.82) is 0 Å². The van der Waals surface area contributed by atoms with Crippen molar-refractivity contribution in [2.75, 3.05) is 6.61 Å². The summed E-state index contributed by atoms with van der Waals surface area (Å²) in [5.74, 6) is -3.64. The molecule has 3 aromatic carbocycles. The molecule has 0 fully saturated rings. The zero-order valence-electron chi connectivity index (χ0n) is 16.2. The zero-order valence-corrected chi connectivity index (χ0v) is 16.2. The van der Waals surface area contributed by atoms with Gasteiger partial charge in [0.25, 0.3) is 0 Å². The molecule has 0 aromatic heterocycles. The molecule has 0 unspecified atom stereocenters. The normalized spacial score (nSPS) is 11.7. The Morgan fingerprint density at radius 3 is 1.52 bits per heavy atom. The van der Waals surface area contributed by atoms with E-state index >= 15 is 0 Å². The highest BCUT2D eigenvalue weighted by molar-refractivity contribution is 6.18. The van der Waals surface area contributed by atoms with Gasteiger partial charge in [-0.1, -0.05) is 91.0 Å². The SMILES string of the molecule is CCOC(=O)[C@@H](c1ccccc1)C(C(=O)c1ccccc1)C(=O)c1ccccc1. The number of hydrogen-bond acceptors (Lipinski definition) is 4. The fourth-order valence-electron chi connectivity index (χ4n) is 3.34. The van der Waals surface area contributed by atoms with Gasteiger partial charge in [0, 0.05) is 11.1 Å². The molecule has 0 spiro atoms. The number of ketones is 2. The molecule has 4 heteroatoms. The van der Waals surface area contributed by atoms with Crippen molar-refractivity contribution in [3.63, 3.8) is 0 Å². The second-order valence-corrected chi connectivity index (χ2v) is 6.58. The molecule has 0 N–H and O–H groups in total. The first-order chi connectivity index (χ1) is 14.1. The molecule has 0 saturated carbocycles. The standard InChI is InChI=1S/C25H22O4/c1-2-29-25(28)21(18-12-6-3-7-13-18)22(23(26)19-14-8-4-9-15-19)24(27)20-16-10-5-11-17-20/h3-17,21-22H,2H2,1H3/t21-/m0/s1. The maximum absolute atomic E-state index is 13.5. The summed E-state index contributed by atoms with van der Waals surface area (Å²) in [6.07, 6.45) is 0. The number of ether oxygens (including phenoxy) is 1. The number of esters is 1. The fraction of sp³-hybridized carbons (Fsp3) is 0.160. The third-order valence-corrected chi connectivity index (χ3v) is 4.71. The van der Waals surface area contributed by atoms with Crippen LogP contribution < -0.4 is 0 Å². The van der Waals surface area contributed by atoms with Crippen molar-refractivity contribution in [3.8, 4) is 0 Å². The summed E-state index contributed by atoms with van der Waals surface area (Å²) in [6, 6.07) is 26.0. The molecule has 1 atom stereocenters. The Bertz CT molecular complexity index is 914. The smallest absolute Gasteiger partial charge is 0.314 e. The van der Waals surface area contributed by atoms with E-state index in [4.69, 9.17) is 4.74 Å². The largest absolute Gasteiger partial charge is 0.465 e. The van der Waals surface area contributed by atoms with Crippen molar-refractivity contribution in [2.45, 2.75) is 12.8 Å². The second-order valence-electron chi connectivity index (χ2n) is 6.58. The molecule has 0 heterocycles. The summed E-state index contributed by atoms with van der Waals surface area (Å²) in [6.45, 7) is 1.86. The number of hydrogen-bond donors (Lipinski definition) is 0. The van der Waals surface area contributed by atoms with Gasteiger partial charge in [0.05, 0.1) is 12.5 Å². The van der Waals surface area contributed by atoms with Crippen LogP contribution in [0.2, 0.25) is 0 Å². The predicted octanol–water partition coefficient (Wildman–Crippen LogP) is 4.72. The maximum atomic E-state index is 13.5. The van der Waals surface area contributed by atoms with E-state index in [0.29, 0.717) is 16.7 Å². The van der Waals surface area contributed by atoms with Crippen LogP contribution in [0.1, 0.15) is 39.1 Å². The van der Waals surface area contributed by atoms with Gasteiger partial charge in [0.1, 0.15) is 5.92 Å². The molecule has 3 aromatic rings. The van der Waals surface area contributed by atoms with Gasteiger partial charge in [-0.05, 0) is 12.5 Å². The van der Waals surface area contributed by atoms with Gasteiger partial charge in [-0.15, -0.1) is 0 Å². The first-order valence-corrected chi connectivity index (χ1v) is 9.53. The van der Waals surface area contributed by atoms with Gasteiger partial charge in [-0.25, -0.2) is 0 Å². The third kappa shape index (κ3) is 4.66. The Hall–Kier alpha value is -3.53. The Balaban J connectivity index is 2.14. The summed E-state index contributed by atoms with van der Waals surface area (Å²) in [5.41, 5.74) is 1.34. The molecule has 3 rings (SSSR count). The van der Waals surface area contributed by atoms with Crippen molar-refractivity contribution < 1.29 is 19.1 Å². The lowest BCUT2D eigenvalue weighted by Crippen LogP contribution is -2.35. The van der Waals surface area contributed by atoms with E-state index in [1.54, 1.807) is 91.9 Å². The summed E-state index contributed by atoms with van der Waals surface area (Å²) in [7, 11) is 0. The lowest BCUT2D eigenvalue weighted by molar-refractivity contribution is -0.145. The number of Topliss-reactive ketones (excluding diaryl/α,β-unsaturated/α-hetero) is 2. The van der Waals surface area contributed by atoms with Gasteiger partial charge in [0.2, 0.25) is 0 Å². The predicted molar refractivity (Wildman–Crippen MR) is 111 cm³/mol. The van der Waals surface area contributed by atoms with E-state index in [0.717, 1.165) is 0 Å². The van der Waals surface area contributed by atoms with E-state index in [1.807, 2.05) is 6.07 Å². The average Bonchev–Trinajstić information content (AvgIpc) is 2.78. The quantitative estimate of drug-likeness (QED) is 0.319. The highest BCUT2D eigenvalue weighted by Crippen LogP contribution is 2.32. The Kier molecular flexibility index (Phi) is 6.69. The van der Waals surface area contributed by atoms with E-state index in [1.165, 1.54) is 0 Å². The molecule has 0 aliphatic carbocycles. The Labute approximate surface area is 170 Å². The number of carbonyl (C=O) groups excluding carboxylic acids is 3. The first kappa shape index (κ1) is 20.2. The van der Waals surface area contributed by atoms with Gasteiger partial charge in [0.15, 0.2) is 11.6 Å². The van der Waals surface area contributed by atoms with Crippen LogP contribution in [-0.2, 0) is 9.53 Å². The van der Waals surface area contributed by atoms with E-state index in [-0.39, 0.29) is 6.61 Å². The summed E-state index contributed by atoms with van der Waals surface area (Å²) in [4.78, 5) is 39.8. The molecular formula is C25H22O4. The monoisotopic (exact) mass is 386 g/mol. The molecule has 0 aliphatic heterocycles. The van der Waals surface area contributed by atoms with Gasteiger partial charge in [-0.2, -0.15) is 0 Å². The van der Waals surface area contributed by atoms with Crippen molar-refractivity contribution in [2.24, 2.45) is 5.92 Å². The van der Waals surface area contributed by atoms with Crippen LogP contribution in [0.3, 0.4) is 0 Å². The number of rotatable bonds is 8. The van der Waals surface area contributed by atoms with E-state index in [2.05, 4.69) is 0 Å². The zero-order chi connectivity index (χ0) is 20.6. The lowest BCUT2D eigenvalue weighted by Gasteiger charge is -2.24. The van der Waals surface area contributed by atoms with Crippen molar-refractivity contribution in [1.82, 2.24) is 0 Å². The Morgan fingerprint density at radius 1 is 0.690 bits per heavy atom. The van der Waals surface area contributed by atoms with Crippen molar-refractivity contribution >= 4 is 17.5 Å². The number of carbonyl (C=O) groups is 3. The molecule has 0 bridgehead atoms. The minimum Gasteiger partial charge on any atom is -0.465 e. The topological polar surface area (TPSA) is 60.4 Å². The highest BCUT2D eigenvalue weighted by Gasteiger charge is 2.41. The van der Waals surface area contributed by atoms with Gasteiger partial charge in [-0.3, -0.25) is 14.4 Å². The van der Waals surface area contributed by atoms with Crippen LogP contribution in [0.4, 0.5) is 0 Å². The molecule has 0 amide bonds. The third-order valence-electron chi connectivity index (χ3n) is 4.71. The maximum Gasteiger partial charge on any atom is 0.314 e. The minimum absolute atomic E-state index is 0.161. The molecular weight excluding hydrogens is 364 g/mol. The van der Waals surface area contributed by atoms with E-state index < -0.39 is 29.4 Å². The van der Waals surface area contributed by atoms with Crippen LogP contribution >= 0.6 is 0 Å². The van der Waals surface area contributed by atoms with Crippen LogP contribution in [0.15, 0.2) is 91.0 Å². The fourth-order valence-corrected chi connectivity index (χ4v) is 3.34. The molecule has 0 radical (unpaired) electrons.